The molecule has 1 heterocycles. The molecular weight excluding hydrogens is 263 g/mol. The summed E-state index contributed by atoms with van der Waals surface area (Å²) in [4.78, 5) is 10.3. The van der Waals surface area contributed by atoms with Crippen LogP contribution in [-0.4, -0.2) is 30.7 Å². The molecule has 0 aliphatic carbocycles. The molecule has 0 fully saturated rings. The molecule has 0 saturated heterocycles. The largest absolute Gasteiger partial charge is 0.479 e. The van der Waals surface area contributed by atoms with Crippen molar-refractivity contribution in [2.45, 2.75) is 17.9 Å². The molecule has 0 aromatic heterocycles. The van der Waals surface area contributed by atoms with Gasteiger partial charge >= 0.3 is 5.97 Å². The van der Waals surface area contributed by atoms with Crippen LogP contribution in [0, 0.1) is 5.82 Å². The summed E-state index contributed by atoms with van der Waals surface area (Å²) in [6.07, 6.45) is -2.00. The molecule has 1 unspecified atom stereocenters. The third kappa shape index (κ3) is 1.63. The summed E-state index contributed by atoms with van der Waals surface area (Å²) in [5.41, 5.74) is -0.376. The maximum Gasteiger partial charge on any atom is 0.337 e. The van der Waals surface area contributed by atoms with Gasteiger partial charge in [-0.1, -0.05) is 0 Å². The third-order valence-electron chi connectivity index (χ3n) is 2.81. The number of aliphatic carboxylic acids is 1. The van der Waals surface area contributed by atoms with E-state index in [-0.39, 0.29) is 20.9 Å². The standard InChI is InChI=1S/C11H9FO5S/c1-5-9(10(13)11(14)15)7-4-6(12)2-3-8(7)18(5,16)17/h2-4,10,13H,1H3,(H,14,15). The summed E-state index contributed by atoms with van der Waals surface area (Å²) in [7, 11) is -3.84. The lowest BCUT2D eigenvalue weighted by Crippen LogP contribution is -2.21. The fraction of sp³-hybridized carbons (Fsp3) is 0.182. The fourth-order valence-electron chi connectivity index (χ4n) is 1.91. The third-order valence-corrected chi connectivity index (χ3v) is 4.77. The van der Waals surface area contributed by atoms with Crippen LogP contribution in [0.3, 0.4) is 0 Å². The number of aliphatic hydroxyl groups is 1. The number of rotatable bonds is 2. The minimum atomic E-state index is -3.84. The van der Waals surface area contributed by atoms with E-state index in [0.717, 1.165) is 18.2 Å². The summed E-state index contributed by atoms with van der Waals surface area (Å²) in [5, 5.41) is 18.3. The van der Waals surface area contributed by atoms with Crippen molar-refractivity contribution in [1.82, 2.24) is 0 Å². The summed E-state index contributed by atoms with van der Waals surface area (Å²) >= 11 is 0. The highest BCUT2D eigenvalue weighted by Gasteiger charge is 2.38. The van der Waals surface area contributed by atoms with Gasteiger partial charge in [0.1, 0.15) is 5.82 Å². The van der Waals surface area contributed by atoms with Gasteiger partial charge in [-0.25, -0.2) is 17.6 Å². The molecule has 96 valence electrons. The number of benzene rings is 1. The van der Waals surface area contributed by atoms with Gasteiger partial charge in [-0.15, -0.1) is 0 Å². The number of hydrogen-bond donors (Lipinski definition) is 2. The van der Waals surface area contributed by atoms with Crippen molar-refractivity contribution in [2.24, 2.45) is 0 Å². The molecule has 0 bridgehead atoms. The number of carbonyl (C=O) groups is 1. The summed E-state index contributed by atoms with van der Waals surface area (Å²) in [6, 6.07) is 2.94. The van der Waals surface area contributed by atoms with Crippen LogP contribution in [0.4, 0.5) is 4.39 Å². The number of halogens is 1. The number of carboxylic acid groups (broad SMARTS) is 1. The van der Waals surface area contributed by atoms with Gasteiger partial charge < -0.3 is 10.2 Å². The first kappa shape index (κ1) is 12.7. The Morgan fingerprint density at radius 3 is 2.56 bits per heavy atom. The van der Waals surface area contributed by atoms with Crippen LogP contribution in [0.2, 0.25) is 0 Å². The molecule has 2 N–H and O–H groups in total. The molecule has 0 amide bonds. The van der Waals surface area contributed by atoms with Crippen molar-refractivity contribution >= 4 is 21.4 Å². The molecule has 1 aliphatic rings. The van der Waals surface area contributed by atoms with Gasteiger partial charge in [0, 0.05) is 11.1 Å². The van der Waals surface area contributed by atoms with E-state index in [0.29, 0.717) is 0 Å². The number of allylic oxidation sites excluding steroid dienone is 1. The van der Waals surface area contributed by atoms with Crippen molar-refractivity contribution in [1.29, 1.82) is 0 Å². The van der Waals surface area contributed by atoms with Crippen LogP contribution < -0.4 is 0 Å². The van der Waals surface area contributed by atoms with E-state index >= 15 is 0 Å². The van der Waals surface area contributed by atoms with Crippen molar-refractivity contribution in [2.75, 3.05) is 0 Å². The molecule has 0 saturated carbocycles. The van der Waals surface area contributed by atoms with Crippen molar-refractivity contribution < 1.29 is 27.8 Å². The highest BCUT2D eigenvalue weighted by atomic mass is 32.2. The summed E-state index contributed by atoms with van der Waals surface area (Å²) < 4.78 is 37.0. The van der Waals surface area contributed by atoms with Gasteiger partial charge in [0.25, 0.3) is 0 Å². The van der Waals surface area contributed by atoms with Crippen LogP contribution in [0.5, 0.6) is 0 Å². The average Bonchev–Trinajstić information content (AvgIpc) is 2.46. The van der Waals surface area contributed by atoms with Crippen LogP contribution in [0.1, 0.15) is 12.5 Å². The molecule has 7 heteroatoms. The lowest BCUT2D eigenvalue weighted by atomic mass is 10.0. The topological polar surface area (TPSA) is 91.7 Å². The molecule has 2 rings (SSSR count). The second kappa shape index (κ2) is 3.89. The Morgan fingerprint density at radius 1 is 1.39 bits per heavy atom. The number of fused-ring (bicyclic) bond motifs is 1. The lowest BCUT2D eigenvalue weighted by Gasteiger charge is -2.08. The van der Waals surface area contributed by atoms with Gasteiger partial charge in [-0.05, 0) is 25.1 Å². The zero-order chi connectivity index (χ0) is 13.7. The fourth-order valence-corrected chi connectivity index (χ4v) is 3.46. The van der Waals surface area contributed by atoms with Gasteiger partial charge in [0.2, 0.25) is 9.84 Å². The SMILES string of the molecule is CC1=C(C(O)C(=O)O)c2cc(F)ccc2S1(=O)=O. The van der Waals surface area contributed by atoms with E-state index in [1.165, 1.54) is 6.92 Å². The molecule has 1 atom stereocenters. The van der Waals surface area contributed by atoms with Crippen molar-refractivity contribution in [3.63, 3.8) is 0 Å². The second-order valence-electron chi connectivity index (χ2n) is 3.85. The number of aliphatic hydroxyl groups excluding tert-OH is 1. The smallest absolute Gasteiger partial charge is 0.337 e. The van der Waals surface area contributed by atoms with Gasteiger partial charge in [-0.2, -0.15) is 0 Å². The molecule has 1 aliphatic heterocycles. The monoisotopic (exact) mass is 272 g/mol. The van der Waals surface area contributed by atoms with Crippen LogP contribution >= 0.6 is 0 Å². The van der Waals surface area contributed by atoms with Gasteiger partial charge in [-0.3, -0.25) is 0 Å². The van der Waals surface area contributed by atoms with E-state index in [2.05, 4.69) is 0 Å². The minimum absolute atomic E-state index is 0.0950. The Balaban J connectivity index is 2.79. The molecule has 1 aromatic rings. The maximum atomic E-state index is 13.1. The maximum absolute atomic E-state index is 13.1. The van der Waals surface area contributed by atoms with E-state index in [9.17, 15) is 22.7 Å². The first-order valence-electron chi connectivity index (χ1n) is 4.93. The number of carboxylic acids is 1. The van der Waals surface area contributed by atoms with E-state index in [1.54, 1.807) is 0 Å². The summed E-state index contributed by atoms with van der Waals surface area (Å²) in [5.74, 6) is -2.29. The summed E-state index contributed by atoms with van der Waals surface area (Å²) in [6.45, 7) is 1.19. The van der Waals surface area contributed by atoms with Crippen LogP contribution in [0.15, 0.2) is 28.0 Å². The molecule has 0 radical (unpaired) electrons. The first-order chi connectivity index (χ1) is 8.26. The molecule has 0 spiro atoms. The van der Waals surface area contributed by atoms with Gasteiger partial charge in [0.05, 0.1) is 9.80 Å². The zero-order valence-corrected chi connectivity index (χ0v) is 10.0. The first-order valence-corrected chi connectivity index (χ1v) is 6.42. The van der Waals surface area contributed by atoms with Crippen molar-refractivity contribution in [3.05, 3.63) is 34.5 Å². The molecule has 5 nitrogen and oxygen atoms in total. The van der Waals surface area contributed by atoms with E-state index in [4.69, 9.17) is 5.11 Å². The van der Waals surface area contributed by atoms with E-state index in [1.807, 2.05) is 0 Å². The Bertz CT molecular complexity index is 675. The Morgan fingerprint density at radius 2 is 2.00 bits per heavy atom. The lowest BCUT2D eigenvalue weighted by molar-refractivity contribution is -0.143. The predicted molar refractivity (Wildman–Crippen MR) is 59.8 cm³/mol. The number of sulfone groups is 1. The molecule has 18 heavy (non-hydrogen) atoms. The minimum Gasteiger partial charge on any atom is -0.479 e. The Kier molecular flexibility index (Phi) is 2.75. The normalized spacial score (nSPS) is 18.6. The Hall–Kier alpha value is -1.73. The van der Waals surface area contributed by atoms with Gasteiger partial charge in [0.15, 0.2) is 6.10 Å². The zero-order valence-electron chi connectivity index (χ0n) is 9.21. The highest BCUT2D eigenvalue weighted by molar-refractivity contribution is 7.95. The molecular formula is C11H9FO5S. The van der Waals surface area contributed by atoms with E-state index < -0.39 is 27.7 Å². The average molecular weight is 272 g/mol. The highest BCUT2D eigenvalue weighted by Crippen LogP contribution is 2.40. The molecule has 1 aromatic carbocycles. The second-order valence-corrected chi connectivity index (χ2v) is 5.91. The predicted octanol–water partition coefficient (Wildman–Crippen LogP) is 0.790. The van der Waals surface area contributed by atoms with Crippen molar-refractivity contribution in [3.8, 4) is 0 Å². The number of hydrogen-bond acceptors (Lipinski definition) is 4. The van der Waals surface area contributed by atoms with Crippen LogP contribution in [-0.2, 0) is 14.6 Å². The Labute approximate surface area is 102 Å². The quantitative estimate of drug-likeness (QED) is 0.777. The van der Waals surface area contributed by atoms with Crippen LogP contribution in [0.25, 0.3) is 5.57 Å².